The molecule has 6 heteroatoms. The second-order valence-corrected chi connectivity index (χ2v) is 4.97. The molecular weight excluding hydrogens is 270 g/mol. The molecule has 18 heavy (non-hydrogen) atoms. The lowest BCUT2D eigenvalue weighted by Crippen LogP contribution is -2.08. The number of hydrogen-bond acceptors (Lipinski definition) is 4. The fraction of sp³-hybridized carbons (Fsp3) is 0.0833. The van der Waals surface area contributed by atoms with Gasteiger partial charge in [0, 0.05) is 17.7 Å². The van der Waals surface area contributed by atoms with Gasteiger partial charge in [0.05, 0.1) is 15.7 Å². The van der Waals surface area contributed by atoms with Crippen LogP contribution in [-0.2, 0) is 4.79 Å². The van der Waals surface area contributed by atoms with Crippen molar-refractivity contribution in [3.8, 4) is 0 Å². The van der Waals surface area contributed by atoms with E-state index < -0.39 is 0 Å². The summed E-state index contributed by atoms with van der Waals surface area (Å²) in [5, 5.41) is 6.01. The van der Waals surface area contributed by atoms with Gasteiger partial charge in [0.1, 0.15) is 5.82 Å². The standard InChI is InChI=1S/C12H10ClN3OS/c1-8-15-10(7-18-8)3-5-12(17)16-11-4-2-9(13)6-14-11/h2-7H,1H3,(H,14,16,17)/b5-3+. The van der Waals surface area contributed by atoms with E-state index in [0.29, 0.717) is 10.8 Å². The lowest BCUT2D eigenvalue weighted by atomic mass is 10.4. The first-order chi connectivity index (χ1) is 8.63. The number of rotatable bonds is 3. The van der Waals surface area contributed by atoms with Crippen LogP contribution in [-0.4, -0.2) is 15.9 Å². The van der Waals surface area contributed by atoms with E-state index in [0.717, 1.165) is 10.7 Å². The van der Waals surface area contributed by atoms with Gasteiger partial charge in [-0.05, 0) is 25.1 Å². The van der Waals surface area contributed by atoms with Gasteiger partial charge in [0.15, 0.2) is 0 Å². The van der Waals surface area contributed by atoms with E-state index in [1.54, 1.807) is 29.5 Å². The second-order valence-electron chi connectivity index (χ2n) is 3.48. The zero-order chi connectivity index (χ0) is 13.0. The Morgan fingerprint density at radius 2 is 2.33 bits per heavy atom. The highest BCUT2D eigenvalue weighted by atomic mass is 35.5. The normalized spacial score (nSPS) is 10.8. The summed E-state index contributed by atoms with van der Waals surface area (Å²) in [7, 11) is 0. The summed E-state index contributed by atoms with van der Waals surface area (Å²) >= 11 is 7.24. The van der Waals surface area contributed by atoms with Gasteiger partial charge in [-0.1, -0.05) is 11.6 Å². The maximum absolute atomic E-state index is 11.6. The number of aryl methyl sites for hydroxylation is 1. The zero-order valence-corrected chi connectivity index (χ0v) is 11.1. The van der Waals surface area contributed by atoms with E-state index in [2.05, 4.69) is 15.3 Å². The van der Waals surface area contributed by atoms with Crippen molar-refractivity contribution < 1.29 is 4.79 Å². The number of carbonyl (C=O) groups is 1. The first-order valence-corrected chi connectivity index (χ1v) is 6.42. The van der Waals surface area contributed by atoms with Crippen LogP contribution in [0, 0.1) is 6.92 Å². The molecule has 1 amide bonds. The number of nitrogens with zero attached hydrogens (tertiary/aromatic N) is 2. The van der Waals surface area contributed by atoms with Crippen molar-refractivity contribution >= 4 is 40.7 Å². The minimum atomic E-state index is -0.254. The molecule has 0 aliphatic carbocycles. The third kappa shape index (κ3) is 3.65. The summed E-state index contributed by atoms with van der Waals surface area (Å²) < 4.78 is 0. The molecular formula is C12H10ClN3OS. The van der Waals surface area contributed by atoms with Crippen LogP contribution in [0.2, 0.25) is 5.02 Å². The summed E-state index contributed by atoms with van der Waals surface area (Å²) in [6.07, 6.45) is 4.56. The summed E-state index contributed by atoms with van der Waals surface area (Å²) in [6, 6.07) is 3.30. The number of halogens is 1. The van der Waals surface area contributed by atoms with Gasteiger partial charge in [-0.15, -0.1) is 11.3 Å². The number of nitrogens with one attached hydrogen (secondary N) is 1. The third-order valence-electron chi connectivity index (χ3n) is 2.02. The monoisotopic (exact) mass is 279 g/mol. The summed E-state index contributed by atoms with van der Waals surface area (Å²) in [6.45, 7) is 1.92. The van der Waals surface area contributed by atoms with Crippen LogP contribution in [0.25, 0.3) is 6.08 Å². The Hall–Kier alpha value is -1.72. The third-order valence-corrected chi connectivity index (χ3v) is 3.04. The van der Waals surface area contributed by atoms with Gasteiger partial charge >= 0.3 is 0 Å². The van der Waals surface area contributed by atoms with E-state index in [4.69, 9.17) is 11.6 Å². The predicted octanol–water partition coefficient (Wildman–Crippen LogP) is 3.15. The van der Waals surface area contributed by atoms with Crippen molar-refractivity contribution in [2.24, 2.45) is 0 Å². The van der Waals surface area contributed by atoms with Gasteiger partial charge in [-0.3, -0.25) is 4.79 Å². The van der Waals surface area contributed by atoms with Crippen LogP contribution in [0.15, 0.2) is 29.8 Å². The fourth-order valence-corrected chi connectivity index (χ4v) is 1.93. The smallest absolute Gasteiger partial charge is 0.249 e. The molecule has 0 unspecified atom stereocenters. The lowest BCUT2D eigenvalue weighted by molar-refractivity contribution is -0.111. The van der Waals surface area contributed by atoms with E-state index >= 15 is 0 Å². The highest BCUT2D eigenvalue weighted by Crippen LogP contribution is 2.11. The van der Waals surface area contributed by atoms with Crippen molar-refractivity contribution in [2.45, 2.75) is 6.92 Å². The number of hydrogen-bond donors (Lipinski definition) is 1. The first-order valence-electron chi connectivity index (χ1n) is 5.16. The highest BCUT2D eigenvalue weighted by molar-refractivity contribution is 7.09. The van der Waals surface area contributed by atoms with E-state index in [1.807, 2.05) is 12.3 Å². The van der Waals surface area contributed by atoms with Crippen LogP contribution in [0.5, 0.6) is 0 Å². The van der Waals surface area contributed by atoms with Crippen LogP contribution < -0.4 is 5.32 Å². The van der Waals surface area contributed by atoms with Crippen LogP contribution in [0.1, 0.15) is 10.7 Å². The van der Waals surface area contributed by atoms with E-state index in [1.165, 1.54) is 12.3 Å². The Bertz CT molecular complexity index is 577. The molecule has 2 aromatic heterocycles. The Morgan fingerprint density at radius 1 is 1.50 bits per heavy atom. The molecule has 0 aliphatic heterocycles. The highest BCUT2D eigenvalue weighted by Gasteiger charge is 1.99. The van der Waals surface area contributed by atoms with Crippen LogP contribution in [0.3, 0.4) is 0 Å². The van der Waals surface area contributed by atoms with Gasteiger partial charge in [-0.2, -0.15) is 0 Å². The topological polar surface area (TPSA) is 54.9 Å². The molecule has 1 N–H and O–H groups in total. The van der Waals surface area contributed by atoms with Crippen LogP contribution in [0.4, 0.5) is 5.82 Å². The van der Waals surface area contributed by atoms with Crippen LogP contribution >= 0.6 is 22.9 Å². The molecule has 0 bridgehead atoms. The average molecular weight is 280 g/mol. The molecule has 2 heterocycles. The van der Waals surface area contributed by atoms with Crippen molar-refractivity contribution in [1.29, 1.82) is 0 Å². The molecule has 0 fully saturated rings. The number of thiazole rings is 1. The summed E-state index contributed by atoms with van der Waals surface area (Å²) in [4.78, 5) is 19.8. The van der Waals surface area contributed by atoms with Gasteiger partial charge in [0.25, 0.3) is 0 Å². The Balaban J connectivity index is 1.96. The molecule has 4 nitrogen and oxygen atoms in total. The molecule has 0 saturated heterocycles. The lowest BCUT2D eigenvalue weighted by Gasteiger charge is -1.99. The Kier molecular flexibility index (Phi) is 4.07. The van der Waals surface area contributed by atoms with Gasteiger partial charge < -0.3 is 5.32 Å². The van der Waals surface area contributed by atoms with Crippen molar-refractivity contribution in [3.63, 3.8) is 0 Å². The molecule has 0 aliphatic rings. The summed E-state index contributed by atoms with van der Waals surface area (Å²) in [5.74, 6) is 0.207. The quantitative estimate of drug-likeness (QED) is 0.878. The van der Waals surface area contributed by atoms with Crippen molar-refractivity contribution in [1.82, 2.24) is 9.97 Å². The largest absolute Gasteiger partial charge is 0.307 e. The predicted molar refractivity (Wildman–Crippen MR) is 73.8 cm³/mol. The second kappa shape index (κ2) is 5.75. The number of carbonyl (C=O) groups excluding carboxylic acids is 1. The zero-order valence-electron chi connectivity index (χ0n) is 9.55. The van der Waals surface area contributed by atoms with Crippen molar-refractivity contribution in [2.75, 3.05) is 5.32 Å². The molecule has 92 valence electrons. The van der Waals surface area contributed by atoms with Crippen molar-refractivity contribution in [3.05, 3.63) is 45.5 Å². The number of aromatic nitrogens is 2. The summed E-state index contributed by atoms with van der Waals surface area (Å²) in [5.41, 5.74) is 0.775. The average Bonchev–Trinajstić information content (AvgIpc) is 2.76. The van der Waals surface area contributed by atoms with E-state index in [9.17, 15) is 4.79 Å². The molecule has 0 saturated carbocycles. The maximum atomic E-state index is 11.6. The molecule has 0 atom stereocenters. The Labute approximate surface area is 113 Å². The number of anilines is 1. The minimum Gasteiger partial charge on any atom is -0.307 e. The first kappa shape index (κ1) is 12.7. The molecule has 0 spiro atoms. The van der Waals surface area contributed by atoms with Gasteiger partial charge in [-0.25, -0.2) is 9.97 Å². The number of amides is 1. The molecule has 0 aromatic carbocycles. The Morgan fingerprint density at radius 3 is 2.94 bits per heavy atom. The minimum absolute atomic E-state index is 0.254. The van der Waals surface area contributed by atoms with E-state index in [-0.39, 0.29) is 5.91 Å². The van der Waals surface area contributed by atoms with Gasteiger partial charge in [0.2, 0.25) is 5.91 Å². The maximum Gasteiger partial charge on any atom is 0.249 e. The molecule has 0 radical (unpaired) electrons. The number of pyridine rings is 1. The molecule has 2 aromatic rings. The molecule has 2 rings (SSSR count). The SMILES string of the molecule is Cc1nc(/C=C/C(=O)Nc2ccc(Cl)cn2)cs1. The fourth-order valence-electron chi connectivity index (χ4n) is 1.24.